The summed E-state index contributed by atoms with van der Waals surface area (Å²) in [6.45, 7) is 0. The fraction of sp³-hybridized carbons (Fsp3) is 0.0556. The highest BCUT2D eigenvalue weighted by Gasteiger charge is 2.13. The number of fused-ring (bicyclic) bond motifs is 1. The Balaban J connectivity index is 1.98. The van der Waals surface area contributed by atoms with E-state index in [0.717, 1.165) is 10.9 Å². The molecule has 3 rings (SSSR count). The molecule has 0 saturated heterocycles. The molecule has 0 radical (unpaired) electrons. The minimum atomic E-state index is -0.0700. The van der Waals surface area contributed by atoms with Crippen molar-refractivity contribution in [3.63, 3.8) is 0 Å². The predicted molar refractivity (Wildman–Crippen MR) is 80.1 cm³/mol. The highest BCUT2D eigenvalue weighted by molar-refractivity contribution is 6.05. The second-order valence-corrected chi connectivity index (χ2v) is 4.77. The molecule has 0 unspecified atom stereocenters. The zero-order chi connectivity index (χ0) is 13.9. The van der Waals surface area contributed by atoms with Crippen LogP contribution in [0.2, 0.25) is 0 Å². The molecule has 3 aromatic carbocycles. The monoisotopic (exact) mass is 262 g/mol. The minimum absolute atomic E-state index is 0.0700. The first kappa shape index (κ1) is 12.4. The Bertz CT molecular complexity index is 761. The first-order valence-electron chi connectivity index (χ1n) is 6.53. The Morgan fingerprint density at radius 2 is 1.55 bits per heavy atom. The maximum absolute atomic E-state index is 12.3. The molecule has 0 aromatic heterocycles. The van der Waals surface area contributed by atoms with Crippen molar-refractivity contribution in [1.29, 1.82) is 0 Å². The van der Waals surface area contributed by atoms with E-state index >= 15 is 0 Å². The van der Waals surface area contributed by atoms with Gasteiger partial charge >= 0.3 is 0 Å². The van der Waals surface area contributed by atoms with Crippen LogP contribution in [-0.4, -0.2) is 10.9 Å². The maximum atomic E-state index is 12.3. The fourth-order valence-electron chi connectivity index (χ4n) is 2.36. The summed E-state index contributed by atoms with van der Waals surface area (Å²) in [5, 5.41) is 11.9. The van der Waals surface area contributed by atoms with Crippen molar-refractivity contribution in [3.8, 4) is 5.75 Å². The lowest BCUT2D eigenvalue weighted by molar-refractivity contribution is 0.0990. The number of ketones is 1. The smallest absolute Gasteiger partial charge is 0.170 e. The Hall–Kier alpha value is -2.61. The van der Waals surface area contributed by atoms with E-state index < -0.39 is 0 Å². The number of carbonyl (C=O) groups excluding carboxylic acids is 1. The second kappa shape index (κ2) is 5.17. The standard InChI is InChI=1S/C18H14O2/c19-17(12-13-6-2-1-3-7-13)16-11-10-14-8-4-5-9-15(14)18(16)20/h1-11,20H,12H2. The van der Waals surface area contributed by atoms with Crippen LogP contribution in [0, 0.1) is 0 Å². The molecule has 0 atom stereocenters. The lowest BCUT2D eigenvalue weighted by Gasteiger charge is -2.07. The first-order valence-corrected chi connectivity index (χ1v) is 6.53. The number of phenols is 1. The van der Waals surface area contributed by atoms with E-state index in [2.05, 4.69) is 0 Å². The van der Waals surface area contributed by atoms with Crippen LogP contribution in [0.1, 0.15) is 15.9 Å². The highest BCUT2D eigenvalue weighted by atomic mass is 16.3. The van der Waals surface area contributed by atoms with Crippen LogP contribution in [0.3, 0.4) is 0 Å². The number of rotatable bonds is 3. The Morgan fingerprint density at radius 1 is 0.850 bits per heavy atom. The Labute approximate surface area is 117 Å². The molecule has 0 heterocycles. The van der Waals surface area contributed by atoms with Gasteiger partial charge in [0.1, 0.15) is 5.75 Å². The summed E-state index contributed by atoms with van der Waals surface area (Å²) >= 11 is 0. The predicted octanol–water partition coefficient (Wildman–Crippen LogP) is 3.97. The van der Waals surface area contributed by atoms with Gasteiger partial charge in [-0.15, -0.1) is 0 Å². The van der Waals surface area contributed by atoms with E-state index in [-0.39, 0.29) is 11.5 Å². The van der Waals surface area contributed by atoms with Crippen LogP contribution in [0.15, 0.2) is 66.7 Å². The van der Waals surface area contributed by atoms with Crippen molar-refractivity contribution < 1.29 is 9.90 Å². The number of hydrogen-bond donors (Lipinski definition) is 1. The van der Waals surface area contributed by atoms with Gasteiger partial charge in [-0.05, 0) is 17.0 Å². The molecule has 0 aliphatic rings. The molecule has 2 heteroatoms. The van der Waals surface area contributed by atoms with Crippen LogP contribution in [-0.2, 0) is 6.42 Å². The second-order valence-electron chi connectivity index (χ2n) is 4.77. The number of carbonyl (C=O) groups is 1. The maximum Gasteiger partial charge on any atom is 0.170 e. The Kier molecular flexibility index (Phi) is 3.21. The largest absolute Gasteiger partial charge is 0.507 e. The number of Topliss-reactive ketones (excluding diaryl/α,β-unsaturated/α-hetero) is 1. The molecular weight excluding hydrogens is 248 g/mol. The van der Waals surface area contributed by atoms with Crippen molar-refractivity contribution >= 4 is 16.6 Å². The van der Waals surface area contributed by atoms with E-state index in [0.29, 0.717) is 17.4 Å². The van der Waals surface area contributed by atoms with Crippen LogP contribution in [0.25, 0.3) is 10.8 Å². The molecular formula is C18H14O2. The van der Waals surface area contributed by atoms with Gasteiger partial charge < -0.3 is 5.11 Å². The molecule has 2 nitrogen and oxygen atoms in total. The van der Waals surface area contributed by atoms with E-state index in [4.69, 9.17) is 0 Å². The summed E-state index contributed by atoms with van der Waals surface area (Å²) in [5.41, 5.74) is 1.33. The number of phenolic OH excluding ortho intramolecular Hbond substituents is 1. The molecule has 0 saturated carbocycles. The molecule has 1 N–H and O–H groups in total. The van der Waals surface area contributed by atoms with Gasteiger partial charge in [-0.3, -0.25) is 4.79 Å². The van der Waals surface area contributed by atoms with Crippen LogP contribution >= 0.6 is 0 Å². The zero-order valence-corrected chi connectivity index (χ0v) is 10.9. The fourth-order valence-corrected chi connectivity index (χ4v) is 2.36. The SMILES string of the molecule is O=C(Cc1ccccc1)c1ccc2ccccc2c1O. The van der Waals surface area contributed by atoms with Gasteiger partial charge in [0.15, 0.2) is 5.78 Å². The van der Waals surface area contributed by atoms with Gasteiger partial charge in [-0.2, -0.15) is 0 Å². The van der Waals surface area contributed by atoms with E-state index in [1.165, 1.54) is 0 Å². The summed E-state index contributed by atoms with van der Waals surface area (Å²) in [6, 6.07) is 20.6. The number of hydrogen-bond acceptors (Lipinski definition) is 2. The van der Waals surface area contributed by atoms with Crippen molar-refractivity contribution in [2.45, 2.75) is 6.42 Å². The molecule has 0 amide bonds. The van der Waals surface area contributed by atoms with E-state index in [1.807, 2.05) is 60.7 Å². The van der Waals surface area contributed by atoms with Gasteiger partial charge in [0.2, 0.25) is 0 Å². The van der Waals surface area contributed by atoms with Gasteiger partial charge in [0.05, 0.1) is 5.56 Å². The third-order valence-electron chi connectivity index (χ3n) is 3.41. The quantitative estimate of drug-likeness (QED) is 0.725. The first-order chi connectivity index (χ1) is 9.75. The van der Waals surface area contributed by atoms with Crippen molar-refractivity contribution in [3.05, 3.63) is 77.9 Å². The topological polar surface area (TPSA) is 37.3 Å². The Morgan fingerprint density at radius 3 is 2.35 bits per heavy atom. The van der Waals surface area contributed by atoms with Gasteiger partial charge in [0.25, 0.3) is 0 Å². The normalized spacial score (nSPS) is 10.6. The van der Waals surface area contributed by atoms with E-state index in [1.54, 1.807) is 6.07 Å². The zero-order valence-electron chi connectivity index (χ0n) is 10.9. The summed E-state index contributed by atoms with van der Waals surface area (Å²) in [5.74, 6) is 0.00323. The van der Waals surface area contributed by atoms with Crippen LogP contribution in [0.4, 0.5) is 0 Å². The van der Waals surface area contributed by atoms with Crippen molar-refractivity contribution in [1.82, 2.24) is 0 Å². The average Bonchev–Trinajstić information content (AvgIpc) is 2.49. The van der Waals surface area contributed by atoms with Gasteiger partial charge in [-0.25, -0.2) is 0 Å². The molecule has 20 heavy (non-hydrogen) atoms. The molecule has 0 bridgehead atoms. The van der Waals surface area contributed by atoms with Crippen LogP contribution in [0.5, 0.6) is 5.75 Å². The number of aromatic hydroxyl groups is 1. The third-order valence-corrected chi connectivity index (χ3v) is 3.41. The minimum Gasteiger partial charge on any atom is -0.507 e. The lowest BCUT2D eigenvalue weighted by atomic mass is 9.99. The third kappa shape index (κ3) is 2.28. The summed E-state index contributed by atoms with van der Waals surface area (Å²) < 4.78 is 0. The molecule has 0 aliphatic heterocycles. The number of benzene rings is 3. The summed E-state index contributed by atoms with van der Waals surface area (Å²) in [6.07, 6.45) is 0.298. The van der Waals surface area contributed by atoms with Crippen LogP contribution < -0.4 is 0 Å². The van der Waals surface area contributed by atoms with Crippen molar-refractivity contribution in [2.24, 2.45) is 0 Å². The summed E-state index contributed by atoms with van der Waals surface area (Å²) in [7, 11) is 0. The van der Waals surface area contributed by atoms with E-state index in [9.17, 15) is 9.90 Å². The molecule has 0 spiro atoms. The summed E-state index contributed by atoms with van der Waals surface area (Å²) in [4.78, 5) is 12.3. The molecule has 0 fully saturated rings. The lowest BCUT2D eigenvalue weighted by Crippen LogP contribution is -2.04. The van der Waals surface area contributed by atoms with Crippen molar-refractivity contribution in [2.75, 3.05) is 0 Å². The van der Waals surface area contributed by atoms with Gasteiger partial charge in [-0.1, -0.05) is 60.7 Å². The molecule has 0 aliphatic carbocycles. The average molecular weight is 262 g/mol. The molecule has 3 aromatic rings. The molecule has 98 valence electrons. The van der Waals surface area contributed by atoms with Gasteiger partial charge in [0, 0.05) is 11.8 Å². The highest BCUT2D eigenvalue weighted by Crippen LogP contribution is 2.29.